The zero-order valence-electron chi connectivity index (χ0n) is 20.9. The maximum absolute atomic E-state index is 11.1. The summed E-state index contributed by atoms with van der Waals surface area (Å²) >= 11 is 1.45. The van der Waals surface area contributed by atoms with Crippen molar-refractivity contribution in [3.05, 3.63) is 75.9 Å². The highest BCUT2D eigenvalue weighted by atomic mass is 32.2. The summed E-state index contributed by atoms with van der Waals surface area (Å²) in [4.78, 5) is 22.3. The van der Waals surface area contributed by atoms with E-state index in [4.69, 9.17) is 10.2 Å². The van der Waals surface area contributed by atoms with Gasteiger partial charge in [-0.15, -0.1) is 0 Å². The van der Waals surface area contributed by atoms with Gasteiger partial charge in [-0.05, 0) is 34.9 Å². The quantitative estimate of drug-likeness (QED) is 0.253. The van der Waals surface area contributed by atoms with Gasteiger partial charge in [0.25, 0.3) is 5.01 Å². The van der Waals surface area contributed by atoms with Crippen molar-refractivity contribution in [2.24, 2.45) is 0 Å². The average molecular weight is 557 g/mol. The molecule has 0 saturated carbocycles. The van der Waals surface area contributed by atoms with Crippen LogP contribution in [-0.2, 0) is 44.5 Å². The summed E-state index contributed by atoms with van der Waals surface area (Å²) in [6.45, 7) is 4.43. The number of hydrogen-bond acceptors (Lipinski definition) is 7. The number of rotatable bonds is 10. The molecule has 0 aliphatic carbocycles. The Balaban J connectivity index is 1.64. The predicted octanol–water partition coefficient (Wildman–Crippen LogP) is 3.68. The standard InChI is InChI=1S/C27H28N2O7S2/c1-27(2)19-13-17(15-25(30)31)7-9-20(19)28-23(27)5-3-6-24-29(11-4-12-38(34,35)36)21-10-8-18(16-26(32)33)14-22(21)37-24/h3,5-10,13-14H,4,11-12,15-16H2,1-2H3,(H3,30,31,32,33,34,35,36). The smallest absolute Gasteiger partial charge is 0.307 e. The highest BCUT2D eigenvalue weighted by molar-refractivity contribution is 7.85. The molecule has 4 rings (SSSR count). The summed E-state index contributed by atoms with van der Waals surface area (Å²) in [5.41, 5.74) is 4.72. The third-order valence-electron chi connectivity index (χ3n) is 6.48. The van der Waals surface area contributed by atoms with Crippen molar-refractivity contribution in [2.75, 3.05) is 11.1 Å². The highest BCUT2D eigenvalue weighted by Crippen LogP contribution is 2.43. The van der Waals surface area contributed by atoms with E-state index >= 15 is 0 Å². The number of carbonyl (C=O) groups is 2. The minimum atomic E-state index is -4.33. The fraction of sp³-hybridized carbons (Fsp3) is 0.296. The summed E-state index contributed by atoms with van der Waals surface area (Å²) < 4.78 is 36.2. The van der Waals surface area contributed by atoms with Crippen LogP contribution >= 0.6 is 11.3 Å². The SMILES string of the molecule is CC1(C)/C(=C\C=C\c2sc3cc(CC(=O)O)ccc3[n+]2CCCS(=O)(=O)[O-])Nc2ccc(CC(=O)O)cc21. The first kappa shape index (κ1) is 27.5. The van der Waals surface area contributed by atoms with E-state index in [1.54, 1.807) is 12.1 Å². The van der Waals surface area contributed by atoms with Crippen LogP contribution in [-0.4, -0.2) is 40.9 Å². The molecule has 1 aliphatic heterocycles. The molecule has 0 unspecified atom stereocenters. The van der Waals surface area contributed by atoms with Crippen LogP contribution < -0.4 is 9.88 Å². The molecule has 0 radical (unpaired) electrons. The van der Waals surface area contributed by atoms with Crippen LogP contribution in [0.3, 0.4) is 0 Å². The molecule has 1 aromatic heterocycles. The minimum Gasteiger partial charge on any atom is -0.748 e. The van der Waals surface area contributed by atoms with Crippen molar-refractivity contribution in [3.8, 4) is 0 Å². The van der Waals surface area contributed by atoms with Crippen molar-refractivity contribution in [2.45, 2.75) is 45.1 Å². The minimum absolute atomic E-state index is 0.0456. The molecule has 200 valence electrons. The maximum atomic E-state index is 11.1. The van der Waals surface area contributed by atoms with Crippen molar-refractivity contribution in [1.29, 1.82) is 0 Å². The van der Waals surface area contributed by atoms with Gasteiger partial charge in [0.2, 0.25) is 5.52 Å². The number of carboxylic acid groups (broad SMARTS) is 2. The van der Waals surface area contributed by atoms with E-state index in [0.29, 0.717) is 12.1 Å². The number of carboxylic acids is 2. The van der Waals surface area contributed by atoms with E-state index < -0.39 is 27.8 Å². The van der Waals surface area contributed by atoms with Gasteiger partial charge < -0.3 is 20.1 Å². The van der Waals surface area contributed by atoms with Crippen molar-refractivity contribution < 1.29 is 37.3 Å². The molecule has 3 N–H and O–H groups in total. The zero-order valence-corrected chi connectivity index (χ0v) is 22.6. The first-order valence-electron chi connectivity index (χ1n) is 12.0. The van der Waals surface area contributed by atoms with Crippen LogP contribution in [0.15, 0.2) is 54.2 Å². The molecule has 0 bridgehead atoms. The van der Waals surface area contributed by atoms with Crippen LogP contribution in [0.5, 0.6) is 0 Å². The third-order valence-corrected chi connectivity index (χ3v) is 8.39. The van der Waals surface area contributed by atoms with Gasteiger partial charge in [-0.2, -0.15) is 4.57 Å². The summed E-state index contributed by atoms with van der Waals surface area (Å²) in [5, 5.41) is 22.5. The molecule has 0 atom stereocenters. The predicted molar refractivity (Wildman–Crippen MR) is 144 cm³/mol. The maximum Gasteiger partial charge on any atom is 0.307 e. The summed E-state index contributed by atoms with van der Waals surface area (Å²) in [5.74, 6) is -2.28. The Morgan fingerprint density at radius 3 is 2.39 bits per heavy atom. The van der Waals surface area contributed by atoms with Crippen molar-refractivity contribution >= 4 is 55.4 Å². The Morgan fingerprint density at radius 2 is 1.74 bits per heavy atom. The van der Waals surface area contributed by atoms with E-state index in [1.165, 1.54) is 11.3 Å². The molecule has 11 heteroatoms. The second kappa shape index (κ2) is 10.7. The summed E-state index contributed by atoms with van der Waals surface area (Å²) in [6.07, 6.45) is 5.74. The Kier molecular flexibility index (Phi) is 7.73. The Morgan fingerprint density at radius 1 is 1.08 bits per heavy atom. The van der Waals surface area contributed by atoms with E-state index in [2.05, 4.69) is 19.2 Å². The lowest BCUT2D eigenvalue weighted by Crippen LogP contribution is -2.36. The average Bonchev–Trinajstić information content (AvgIpc) is 3.26. The molecule has 2 aromatic carbocycles. The van der Waals surface area contributed by atoms with Crippen LogP contribution in [0.1, 0.15) is 42.0 Å². The number of aromatic nitrogens is 1. The number of allylic oxidation sites excluding steroid dienone is 3. The van der Waals surface area contributed by atoms with Crippen LogP contribution in [0.4, 0.5) is 5.69 Å². The molecule has 2 heterocycles. The normalized spacial score (nSPS) is 15.7. The number of aryl methyl sites for hydroxylation is 1. The molecule has 38 heavy (non-hydrogen) atoms. The topological polar surface area (TPSA) is 148 Å². The van der Waals surface area contributed by atoms with Crippen LogP contribution in [0, 0.1) is 0 Å². The molecule has 3 aromatic rings. The number of fused-ring (bicyclic) bond motifs is 2. The first-order chi connectivity index (χ1) is 17.8. The molecule has 9 nitrogen and oxygen atoms in total. The van der Waals surface area contributed by atoms with Gasteiger partial charge in [-0.1, -0.05) is 49.5 Å². The number of nitrogens with zero attached hydrogens (tertiary/aromatic N) is 1. The first-order valence-corrected chi connectivity index (χ1v) is 14.3. The Hall–Kier alpha value is -3.54. The lowest BCUT2D eigenvalue weighted by Gasteiger charge is -2.20. The number of thiazole rings is 1. The van der Waals surface area contributed by atoms with Crippen molar-refractivity contribution in [3.63, 3.8) is 0 Å². The zero-order chi connectivity index (χ0) is 27.7. The number of benzene rings is 2. The Bertz CT molecular complexity index is 1580. The second-order valence-electron chi connectivity index (χ2n) is 9.72. The molecule has 1 aliphatic rings. The second-order valence-corrected chi connectivity index (χ2v) is 12.3. The van der Waals surface area contributed by atoms with Gasteiger partial charge >= 0.3 is 11.9 Å². The summed E-state index contributed by atoms with van der Waals surface area (Å²) in [7, 11) is -4.33. The molecule has 0 spiro atoms. The fourth-order valence-corrected chi connectivity index (χ4v) is 6.26. The van der Waals surface area contributed by atoms with E-state index in [1.807, 2.05) is 47.1 Å². The fourth-order valence-electron chi connectivity index (χ4n) is 4.61. The summed E-state index contributed by atoms with van der Waals surface area (Å²) in [6, 6.07) is 11.0. The highest BCUT2D eigenvalue weighted by Gasteiger charge is 2.34. The molecule has 0 fully saturated rings. The lowest BCUT2D eigenvalue weighted by atomic mass is 9.83. The Labute approximate surface area is 224 Å². The molecule has 0 amide bonds. The van der Waals surface area contributed by atoms with E-state index in [0.717, 1.165) is 37.7 Å². The van der Waals surface area contributed by atoms with Gasteiger partial charge in [0.05, 0.1) is 23.0 Å². The number of nitrogens with one attached hydrogen (secondary N) is 1. The molecular weight excluding hydrogens is 528 g/mol. The van der Waals surface area contributed by atoms with Gasteiger partial charge in [-0.25, -0.2) is 8.42 Å². The molecular formula is C27H28N2O7S2. The number of aliphatic carboxylic acids is 2. The van der Waals surface area contributed by atoms with Gasteiger partial charge in [0, 0.05) is 41.1 Å². The van der Waals surface area contributed by atoms with Crippen LogP contribution in [0.2, 0.25) is 0 Å². The van der Waals surface area contributed by atoms with Crippen LogP contribution in [0.25, 0.3) is 16.3 Å². The van der Waals surface area contributed by atoms with E-state index in [-0.39, 0.29) is 24.7 Å². The van der Waals surface area contributed by atoms with Gasteiger partial charge in [0.15, 0.2) is 6.54 Å². The third kappa shape index (κ3) is 6.29. The molecule has 0 saturated heterocycles. The van der Waals surface area contributed by atoms with Gasteiger partial charge in [-0.3, -0.25) is 9.59 Å². The monoisotopic (exact) mass is 556 g/mol. The van der Waals surface area contributed by atoms with E-state index in [9.17, 15) is 22.6 Å². The van der Waals surface area contributed by atoms with Gasteiger partial charge in [0.1, 0.15) is 4.70 Å². The van der Waals surface area contributed by atoms with Crippen molar-refractivity contribution in [1.82, 2.24) is 0 Å². The number of anilines is 1. The lowest BCUT2D eigenvalue weighted by molar-refractivity contribution is -0.668. The number of hydrogen-bond donors (Lipinski definition) is 3. The largest absolute Gasteiger partial charge is 0.748 e.